The molecule has 1 aliphatic heterocycles. The second kappa shape index (κ2) is 11.4. The predicted molar refractivity (Wildman–Crippen MR) is 140 cm³/mol. The highest BCUT2D eigenvalue weighted by Gasteiger charge is 2.45. The molecule has 0 radical (unpaired) electrons. The van der Waals surface area contributed by atoms with E-state index < -0.39 is 5.60 Å². The Morgan fingerprint density at radius 1 is 0.943 bits per heavy atom. The van der Waals surface area contributed by atoms with Gasteiger partial charge in [-0.3, -0.25) is 0 Å². The van der Waals surface area contributed by atoms with Crippen LogP contribution in [0.5, 0.6) is 11.5 Å². The van der Waals surface area contributed by atoms with Crippen molar-refractivity contribution in [2.45, 2.75) is 51.7 Å². The van der Waals surface area contributed by atoms with E-state index in [9.17, 15) is 0 Å². The molecule has 3 aromatic carbocycles. The normalized spacial score (nSPS) is 18.6. The molecule has 3 aromatic rings. The molecule has 184 valence electrons. The summed E-state index contributed by atoms with van der Waals surface area (Å²) in [6, 6.07) is 24.5. The second-order valence-electron chi connectivity index (χ2n) is 9.20. The number of fused-ring (bicyclic) bond motifs is 1. The topological polar surface area (TPSA) is 49.0 Å². The molecule has 1 aliphatic rings. The van der Waals surface area contributed by atoms with Crippen molar-refractivity contribution in [3.63, 3.8) is 0 Å². The summed E-state index contributed by atoms with van der Waals surface area (Å²) in [4.78, 5) is 0. The summed E-state index contributed by atoms with van der Waals surface area (Å²) in [7, 11) is 1.68. The van der Waals surface area contributed by atoms with Crippen molar-refractivity contribution in [3.05, 3.63) is 102 Å². The Morgan fingerprint density at radius 2 is 1.71 bits per heavy atom. The summed E-state index contributed by atoms with van der Waals surface area (Å²) in [5.41, 5.74) is 3.74. The smallest absolute Gasteiger partial charge is 0.132 e. The summed E-state index contributed by atoms with van der Waals surface area (Å²) < 4.78 is 24.5. The molecule has 1 heterocycles. The van der Waals surface area contributed by atoms with Gasteiger partial charge in [0.1, 0.15) is 29.3 Å². The van der Waals surface area contributed by atoms with Gasteiger partial charge in [0, 0.05) is 17.8 Å². The van der Waals surface area contributed by atoms with E-state index in [1.807, 2.05) is 61.5 Å². The van der Waals surface area contributed by atoms with Gasteiger partial charge < -0.3 is 24.3 Å². The molecule has 5 heteroatoms. The summed E-state index contributed by atoms with van der Waals surface area (Å²) >= 11 is 0. The zero-order valence-electron chi connectivity index (χ0n) is 21.0. The summed E-state index contributed by atoms with van der Waals surface area (Å²) in [5, 5.41) is 3.53. The molecular formula is C30H35NO4. The van der Waals surface area contributed by atoms with Gasteiger partial charge in [0.2, 0.25) is 0 Å². The molecule has 0 saturated heterocycles. The molecule has 2 atom stereocenters. The minimum absolute atomic E-state index is 0.272. The fourth-order valence-electron chi connectivity index (χ4n) is 4.27. The third kappa shape index (κ3) is 6.24. The predicted octanol–water partition coefficient (Wildman–Crippen LogP) is 6.70. The van der Waals surface area contributed by atoms with Crippen molar-refractivity contribution >= 4 is 5.69 Å². The van der Waals surface area contributed by atoms with Crippen LogP contribution in [0.3, 0.4) is 0 Å². The van der Waals surface area contributed by atoms with Crippen LogP contribution in [0.2, 0.25) is 0 Å². The van der Waals surface area contributed by atoms with Gasteiger partial charge in [0.15, 0.2) is 0 Å². The average molecular weight is 474 g/mol. The molecule has 5 nitrogen and oxygen atoms in total. The van der Waals surface area contributed by atoms with Crippen molar-refractivity contribution in [2.24, 2.45) is 0 Å². The first-order valence-corrected chi connectivity index (χ1v) is 12.1. The largest absolute Gasteiger partial charge is 0.497 e. The Balaban J connectivity index is 1.58. The molecule has 4 rings (SSSR count). The Kier molecular flexibility index (Phi) is 8.11. The molecule has 0 aliphatic carbocycles. The van der Waals surface area contributed by atoms with Crippen LogP contribution in [0.15, 0.2) is 84.9 Å². The highest BCUT2D eigenvalue weighted by atomic mass is 16.6. The molecule has 0 aromatic heterocycles. The average Bonchev–Trinajstić information content (AvgIpc) is 2.88. The molecular weight excluding hydrogens is 438 g/mol. The third-order valence-corrected chi connectivity index (χ3v) is 6.19. The van der Waals surface area contributed by atoms with Crippen molar-refractivity contribution < 1.29 is 18.9 Å². The number of methoxy groups -OCH3 is 1. The molecule has 0 amide bonds. The Morgan fingerprint density at radius 3 is 2.43 bits per heavy atom. The Bertz CT molecular complexity index is 1110. The first-order chi connectivity index (χ1) is 17.0. The van der Waals surface area contributed by atoms with Crippen molar-refractivity contribution in [1.29, 1.82) is 0 Å². The Hall–Kier alpha value is -3.28. The van der Waals surface area contributed by atoms with Gasteiger partial charge in [-0.25, -0.2) is 0 Å². The molecule has 1 N–H and O–H groups in total. The highest BCUT2D eigenvalue weighted by Crippen LogP contribution is 2.44. The van der Waals surface area contributed by atoms with E-state index in [1.54, 1.807) is 7.11 Å². The van der Waals surface area contributed by atoms with Crippen LogP contribution in [-0.2, 0) is 22.6 Å². The molecule has 0 spiro atoms. The molecule has 0 bridgehead atoms. The molecule has 2 unspecified atom stereocenters. The van der Waals surface area contributed by atoms with E-state index in [2.05, 4.69) is 49.5 Å². The van der Waals surface area contributed by atoms with E-state index in [0.29, 0.717) is 19.8 Å². The number of allylic oxidation sites excluding steroid dienone is 1. The van der Waals surface area contributed by atoms with Crippen LogP contribution in [0.1, 0.15) is 43.6 Å². The number of rotatable bonds is 10. The lowest BCUT2D eigenvalue weighted by atomic mass is 9.87. The zero-order chi connectivity index (χ0) is 24.7. The minimum atomic E-state index is -0.548. The minimum Gasteiger partial charge on any atom is -0.497 e. The monoisotopic (exact) mass is 473 g/mol. The van der Waals surface area contributed by atoms with Crippen LogP contribution in [-0.4, -0.2) is 25.4 Å². The molecule has 0 saturated carbocycles. The van der Waals surface area contributed by atoms with Gasteiger partial charge in [0.05, 0.1) is 20.3 Å². The fraction of sp³-hybridized carbons (Fsp3) is 0.333. The van der Waals surface area contributed by atoms with Crippen molar-refractivity contribution in [2.75, 3.05) is 19.0 Å². The lowest BCUT2D eigenvalue weighted by molar-refractivity contribution is -0.161. The first kappa shape index (κ1) is 24.8. The fourth-order valence-corrected chi connectivity index (χ4v) is 4.27. The van der Waals surface area contributed by atoms with Gasteiger partial charge >= 0.3 is 0 Å². The molecule has 0 fully saturated rings. The van der Waals surface area contributed by atoms with E-state index >= 15 is 0 Å². The quantitative estimate of drug-likeness (QED) is 0.332. The van der Waals surface area contributed by atoms with Gasteiger partial charge in [0.25, 0.3) is 0 Å². The van der Waals surface area contributed by atoms with Crippen LogP contribution < -0.4 is 14.8 Å². The van der Waals surface area contributed by atoms with Gasteiger partial charge in [-0.05, 0) is 62.2 Å². The third-order valence-electron chi connectivity index (χ3n) is 6.19. The first-order valence-electron chi connectivity index (χ1n) is 12.1. The number of nitrogens with one attached hydrogen (secondary N) is 1. The van der Waals surface area contributed by atoms with Gasteiger partial charge in [-0.1, -0.05) is 54.6 Å². The zero-order valence-corrected chi connectivity index (χ0v) is 21.0. The van der Waals surface area contributed by atoms with Crippen LogP contribution >= 0.6 is 0 Å². The maximum absolute atomic E-state index is 6.55. The summed E-state index contributed by atoms with van der Waals surface area (Å²) in [6.45, 7) is 7.81. The summed E-state index contributed by atoms with van der Waals surface area (Å²) in [6.07, 6.45) is 3.45. The lowest BCUT2D eigenvalue weighted by Gasteiger charge is -2.44. The van der Waals surface area contributed by atoms with Gasteiger partial charge in [-0.15, -0.1) is 0 Å². The number of anilines is 1. The van der Waals surface area contributed by atoms with E-state index in [-0.39, 0.29) is 12.2 Å². The standard InChI is InChI=1S/C30H35NO4/c1-5-6-18-33-29-28(34-21-23-10-8-7-9-11-23)26-19-24(14-17-27(26)35-30(29,2)3)31-20-22-12-15-25(32-4)16-13-22/h5-17,19,28-29,31H,18,20-21H2,1-4H3. The SMILES string of the molecule is CC=CCOC1C(OCc2ccccc2)c2cc(NCc3ccc(OC)cc3)ccc2OC1(C)C. The number of hydrogen-bond acceptors (Lipinski definition) is 5. The van der Waals surface area contributed by atoms with E-state index in [1.165, 1.54) is 5.56 Å². The highest BCUT2D eigenvalue weighted by molar-refractivity contribution is 5.54. The van der Waals surface area contributed by atoms with Crippen LogP contribution in [0.4, 0.5) is 5.69 Å². The number of hydrogen-bond donors (Lipinski definition) is 1. The number of benzene rings is 3. The van der Waals surface area contributed by atoms with Gasteiger partial charge in [-0.2, -0.15) is 0 Å². The van der Waals surface area contributed by atoms with Crippen LogP contribution in [0, 0.1) is 0 Å². The maximum atomic E-state index is 6.55. The van der Waals surface area contributed by atoms with Crippen molar-refractivity contribution in [3.8, 4) is 11.5 Å². The van der Waals surface area contributed by atoms with Crippen molar-refractivity contribution in [1.82, 2.24) is 0 Å². The Labute approximate surface area is 208 Å². The second-order valence-corrected chi connectivity index (χ2v) is 9.20. The number of ether oxygens (including phenoxy) is 4. The van der Waals surface area contributed by atoms with E-state index in [0.717, 1.165) is 28.3 Å². The lowest BCUT2D eigenvalue weighted by Crippen LogP contribution is -2.51. The molecule has 35 heavy (non-hydrogen) atoms. The van der Waals surface area contributed by atoms with Crippen LogP contribution in [0.25, 0.3) is 0 Å². The summed E-state index contributed by atoms with van der Waals surface area (Å²) in [5.74, 6) is 1.68. The van der Waals surface area contributed by atoms with E-state index in [4.69, 9.17) is 18.9 Å². The maximum Gasteiger partial charge on any atom is 0.132 e.